The smallest absolute Gasteiger partial charge is 0.338 e. The molecule has 6 heteroatoms. The van der Waals surface area contributed by atoms with Crippen LogP contribution in [-0.4, -0.2) is 11.1 Å². The second-order valence-electron chi connectivity index (χ2n) is 5.60. The van der Waals surface area contributed by atoms with Crippen LogP contribution in [0.3, 0.4) is 0 Å². The average molecular weight is 358 g/mol. The van der Waals surface area contributed by atoms with Gasteiger partial charge in [-0.1, -0.05) is 30.3 Å². The summed E-state index contributed by atoms with van der Waals surface area (Å²) in [6, 6.07) is 11.4. The van der Waals surface area contributed by atoms with Crippen LogP contribution in [0.5, 0.6) is 0 Å². The van der Waals surface area contributed by atoms with E-state index < -0.39 is 0 Å². The van der Waals surface area contributed by atoms with Gasteiger partial charge in [0, 0.05) is 10.6 Å². The molecule has 0 aliphatic carbocycles. The number of allylic oxidation sites excluding steroid dienone is 1. The molecule has 0 bridgehead atoms. The number of esters is 1. The molecule has 124 valence electrons. The Morgan fingerprint density at radius 2 is 2.00 bits per heavy atom. The molecule has 0 fully saturated rings. The topological polar surface area (TPSA) is 50.4 Å². The number of hydrogen-bond donors (Lipinski definition) is 2. The predicted molar refractivity (Wildman–Crippen MR) is 99.6 cm³/mol. The monoisotopic (exact) mass is 358 g/mol. The molecule has 2 N–H and O–H groups in total. The lowest BCUT2D eigenvalue weighted by Crippen LogP contribution is -2.45. The molecule has 0 radical (unpaired) electrons. The summed E-state index contributed by atoms with van der Waals surface area (Å²) in [4.78, 5) is 13.8. The van der Waals surface area contributed by atoms with Gasteiger partial charge in [0.1, 0.15) is 6.61 Å². The lowest BCUT2D eigenvalue weighted by atomic mass is 10.00. The Balaban J connectivity index is 1.84. The molecule has 3 rings (SSSR count). The number of carbonyl (C=O) groups is 1. The Labute approximate surface area is 150 Å². The SMILES string of the molecule is CC1=C(C(=O)OCc2ccccc2)C(c2sccc2C)NC(=S)N1. The number of benzene rings is 1. The Bertz CT molecular complexity index is 796. The molecular weight excluding hydrogens is 340 g/mol. The first-order valence-corrected chi connectivity index (χ1v) is 8.88. The van der Waals surface area contributed by atoms with Gasteiger partial charge in [0.15, 0.2) is 5.11 Å². The fraction of sp³-hybridized carbons (Fsp3) is 0.222. The van der Waals surface area contributed by atoms with Crippen LogP contribution in [0.1, 0.15) is 29.0 Å². The predicted octanol–water partition coefficient (Wildman–Crippen LogP) is 3.59. The third-order valence-corrected chi connectivity index (χ3v) is 5.17. The lowest BCUT2D eigenvalue weighted by Gasteiger charge is -2.29. The first-order chi connectivity index (χ1) is 11.6. The van der Waals surface area contributed by atoms with Gasteiger partial charge in [0.2, 0.25) is 0 Å². The summed E-state index contributed by atoms with van der Waals surface area (Å²) in [5, 5.41) is 8.75. The van der Waals surface area contributed by atoms with Crippen LogP contribution in [0, 0.1) is 6.92 Å². The molecule has 1 aromatic carbocycles. The number of rotatable bonds is 4. The van der Waals surface area contributed by atoms with Crippen molar-refractivity contribution >= 4 is 34.6 Å². The Morgan fingerprint density at radius 1 is 1.25 bits per heavy atom. The second-order valence-corrected chi connectivity index (χ2v) is 6.96. The molecule has 2 aromatic rings. The van der Waals surface area contributed by atoms with E-state index in [9.17, 15) is 4.79 Å². The minimum absolute atomic E-state index is 0.247. The summed E-state index contributed by atoms with van der Waals surface area (Å²) in [5.41, 5.74) is 3.39. The van der Waals surface area contributed by atoms with Crippen molar-refractivity contribution in [3.05, 3.63) is 69.1 Å². The molecule has 4 nitrogen and oxygen atoms in total. The number of hydrogen-bond acceptors (Lipinski definition) is 4. The molecule has 1 aromatic heterocycles. The largest absolute Gasteiger partial charge is 0.457 e. The van der Waals surface area contributed by atoms with Crippen molar-refractivity contribution in [1.29, 1.82) is 0 Å². The highest BCUT2D eigenvalue weighted by molar-refractivity contribution is 7.80. The summed E-state index contributed by atoms with van der Waals surface area (Å²) >= 11 is 6.86. The third-order valence-electron chi connectivity index (χ3n) is 3.87. The number of nitrogens with one attached hydrogen (secondary N) is 2. The van der Waals surface area contributed by atoms with Gasteiger partial charge in [0.05, 0.1) is 11.6 Å². The summed E-state index contributed by atoms with van der Waals surface area (Å²) < 4.78 is 5.53. The summed E-state index contributed by atoms with van der Waals surface area (Å²) in [7, 11) is 0. The molecule has 24 heavy (non-hydrogen) atoms. The summed E-state index contributed by atoms with van der Waals surface area (Å²) in [5.74, 6) is -0.336. The van der Waals surface area contributed by atoms with E-state index in [0.717, 1.165) is 21.7 Å². The Kier molecular flexibility index (Phi) is 4.97. The molecule has 0 saturated heterocycles. The van der Waals surface area contributed by atoms with Gasteiger partial charge in [-0.05, 0) is 48.6 Å². The number of ether oxygens (including phenoxy) is 1. The highest BCUT2D eigenvalue weighted by Gasteiger charge is 2.32. The van der Waals surface area contributed by atoms with Gasteiger partial charge in [-0.3, -0.25) is 0 Å². The van der Waals surface area contributed by atoms with Crippen LogP contribution in [0.25, 0.3) is 0 Å². The van der Waals surface area contributed by atoms with E-state index in [-0.39, 0.29) is 18.6 Å². The average Bonchev–Trinajstić information content (AvgIpc) is 2.99. The highest BCUT2D eigenvalue weighted by Crippen LogP contribution is 2.33. The van der Waals surface area contributed by atoms with Crippen LogP contribution in [-0.2, 0) is 16.1 Å². The molecule has 0 saturated carbocycles. The van der Waals surface area contributed by atoms with Crippen LogP contribution in [0.4, 0.5) is 0 Å². The molecule has 1 aliphatic heterocycles. The van der Waals surface area contributed by atoms with E-state index >= 15 is 0 Å². The fourth-order valence-corrected chi connectivity index (χ4v) is 3.90. The van der Waals surface area contributed by atoms with E-state index in [1.807, 2.05) is 55.6 Å². The highest BCUT2D eigenvalue weighted by atomic mass is 32.1. The Hall–Kier alpha value is -2.18. The molecule has 1 atom stereocenters. The van der Waals surface area contributed by atoms with E-state index in [2.05, 4.69) is 10.6 Å². The quantitative estimate of drug-likeness (QED) is 0.646. The molecule has 1 unspecified atom stereocenters. The molecular formula is C18H18N2O2S2. The van der Waals surface area contributed by atoms with Crippen molar-refractivity contribution in [1.82, 2.24) is 10.6 Å². The van der Waals surface area contributed by atoms with Crippen LogP contribution < -0.4 is 10.6 Å². The first-order valence-electron chi connectivity index (χ1n) is 7.59. The van der Waals surface area contributed by atoms with Crippen LogP contribution >= 0.6 is 23.6 Å². The van der Waals surface area contributed by atoms with Gasteiger partial charge in [-0.2, -0.15) is 0 Å². The minimum atomic E-state index is -0.336. The van der Waals surface area contributed by atoms with Gasteiger partial charge in [-0.25, -0.2) is 4.79 Å². The normalized spacial score (nSPS) is 17.2. The molecule has 2 heterocycles. The van der Waals surface area contributed by atoms with Crippen molar-refractivity contribution in [2.75, 3.05) is 0 Å². The number of carbonyl (C=O) groups excluding carboxylic acids is 1. The zero-order valence-electron chi connectivity index (χ0n) is 13.5. The van der Waals surface area contributed by atoms with Crippen LogP contribution in [0.2, 0.25) is 0 Å². The maximum Gasteiger partial charge on any atom is 0.338 e. The number of thiophene rings is 1. The summed E-state index contributed by atoms with van der Waals surface area (Å²) in [6.45, 7) is 4.13. The van der Waals surface area contributed by atoms with E-state index in [1.165, 1.54) is 0 Å². The van der Waals surface area contributed by atoms with Gasteiger partial charge >= 0.3 is 5.97 Å². The van der Waals surface area contributed by atoms with Crippen molar-refractivity contribution in [2.24, 2.45) is 0 Å². The molecule has 0 spiro atoms. The van der Waals surface area contributed by atoms with Gasteiger partial charge in [0.25, 0.3) is 0 Å². The molecule has 1 aliphatic rings. The van der Waals surface area contributed by atoms with E-state index in [1.54, 1.807) is 11.3 Å². The summed E-state index contributed by atoms with van der Waals surface area (Å²) in [6.07, 6.45) is 0. The lowest BCUT2D eigenvalue weighted by molar-refractivity contribution is -0.140. The third kappa shape index (κ3) is 3.49. The van der Waals surface area contributed by atoms with Gasteiger partial charge < -0.3 is 15.4 Å². The fourth-order valence-electron chi connectivity index (χ4n) is 2.64. The Morgan fingerprint density at radius 3 is 2.67 bits per heavy atom. The molecule has 0 amide bonds. The maximum atomic E-state index is 12.7. The van der Waals surface area contributed by atoms with E-state index in [4.69, 9.17) is 17.0 Å². The van der Waals surface area contributed by atoms with Gasteiger partial charge in [-0.15, -0.1) is 11.3 Å². The van der Waals surface area contributed by atoms with Crippen molar-refractivity contribution < 1.29 is 9.53 Å². The van der Waals surface area contributed by atoms with Crippen molar-refractivity contribution in [3.63, 3.8) is 0 Å². The van der Waals surface area contributed by atoms with Crippen LogP contribution in [0.15, 0.2) is 53.0 Å². The van der Waals surface area contributed by atoms with E-state index in [0.29, 0.717) is 10.7 Å². The standard InChI is InChI=1S/C18H18N2O2S2/c1-11-8-9-24-16(11)15-14(12(2)19-18(23)20-15)17(21)22-10-13-6-4-3-5-7-13/h3-9,15H,10H2,1-2H3,(H2,19,20,23). The zero-order valence-corrected chi connectivity index (χ0v) is 15.1. The van der Waals surface area contributed by atoms with Crippen molar-refractivity contribution in [2.45, 2.75) is 26.5 Å². The zero-order chi connectivity index (χ0) is 17.1. The number of thiocarbonyl (C=S) groups is 1. The minimum Gasteiger partial charge on any atom is -0.457 e. The first kappa shape index (κ1) is 16.7. The number of aryl methyl sites for hydroxylation is 1. The van der Waals surface area contributed by atoms with Crippen molar-refractivity contribution in [3.8, 4) is 0 Å². The maximum absolute atomic E-state index is 12.7. The second kappa shape index (κ2) is 7.15.